The molecular formula is C50H34N2O. The summed E-state index contributed by atoms with van der Waals surface area (Å²) in [6.45, 7) is 4.74. The molecule has 3 heteroatoms. The molecule has 250 valence electrons. The fourth-order valence-electron chi connectivity index (χ4n) is 8.97. The molecule has 1 aliphatic carbocycles. The van der Waals surface area contributed by atoms with E-state index < -0.39 is 0 Å². The largest absolute Gasteiger partial charge is 0.455 e. The van der Waals surface area contributed by atoms with E-state index in [1.165, 1.54) is 44.2 Å². The number of hydrogen-bond donors (Lipinski definition) is 0. The summed E-state index contributed by atoms with van der Waals surface area (Å²) in [7, 11) is 0. The molecule has 7 aromatic carbocycles. The fraction of sp³-hybridized carbons (Fsp3) is 0.0600. The van der Waals surface area contributed by atoms with Gasteiger partial charge in [0.2, 0.25) is 0 Å². The van der Waals surface area contributed by atoms with Crippen molar-refractivity contribution in [2.24, 2.45) is 0 Å². The molecule has 0 bridgehead atoms. The highest BCUT2D eigenvalue weighted by molar-refractivity contribution is 6.14. The first kappa shape index (κ1) is 30.0. The molecule has 3 aromatic heterocycles. The lowest BCUT2D eigenvalue weighted by molar-refractivity contribution is 0.666. The van der Waals surface area contributed by atoms with Crippen molar-refractivity contribution in [2.45, 2.75) is 19.3 Å². The first-order valence-electron chi connectivity index (χ1n) is 18.3. The molecule has 11 rings (SSSR count). The molecular weight excluding hydrogens is 645 g/mol. The lowest BCUT2D eigenvalue weighted by atomic mass is 9.80. The van der Waals surface area contributed by atoms with E-state index in [0.717, 1.165) is 61.2 Å². The zero-order chi connectivity index (χ0) is 35.3. The van der Waals surface area contributed by atoms with Gasteiger partial charge in [0.1, 0.15) is 17.0 Å². The molecule has 3 nitrogen and oxygen atoms in total. The summed E-state index contributed by atoms with van der Waals surface area (Å²) in [5, 5.41) is 4.72. The summed E-state index contributed by atoms with van der Waals surface area (Å²) < 4.78 is 8.96. The summed E-state index contributed by atoms with van der Waals surface area (Å²) in [6, 6.07) is 60.9. The zero-order valence-corrected chi connectivity index (χ0v) is 29.5. The number of benzene rings is 7. The molecule has 0 saturated carbocycles. The summed E-state index contributed by atoms with van der Waals surface area (Å²) in [5.41, 5.74) is 15.7. The Hall–Kier alpha value is -6.71. The number of fused-ring (bicyclic) bond motifs is 10. The summed E-state index contributed by atoms with van der Waals surface area (Å²) in [4.78, 5) is 5.55. The molecule has 1 aliphatic rings. The third-order valence-electron chi connectivity index (χ3n) is 11.4. The molecule has 0 spiro atoms. The molecule has 53 heavy (non-hydrogen) atoms. The normalized spacial score (nSPS) is 13.2. The van der Waals surface area contributed by atoms with Gasteiger partial charge in [0, 0.05) is 32.5 Å². The lowest BCUT2D eigenvalue weighted by Crippen LogP contribution is -2.15. The third kappa shape index (κ3) is 4.37. The van der Waals surface area contributed by atoms with Crippen LogP contribution in [-0.2, 0) is 5.41 Å². The van der Waals surface area contributed by atoms with Gasteiger partial charge in [-0.05, 0) is 87.0 Å². The van der Waals surface area contributed by atoms with Gasteiger partial charge in [-0.1, -0.05) is 141 Å². The predicted octanol–water partition coefficient (Wildman–Crippen LogP) is 13.4. The van der Waals surface area contributed by atoms with Crippen molar-refractivity contribution < 1.29 is 4.42 Å². The molecule has 0 radical (unpaired) electrons. The number of rotatable bonds is 4. The SMILES string of the molecule is CC1(C)c2ccccc2-c2ccc3c(c21)c1ccccc1n3-c1cc(-c2cccc(-c3ccccc3)c2)cc(-c2cccc3c2oc2ccccc23)n1. The van der Waals surface area contributed by atoms with Crippen LogP contribution < -0.4 is 0 Å². The molecule has 0 aliphatic heterocycles. The zero-order valence-electron chi connectivity index (χ0n) is 29.5. The van der Waals surface area contributed by atoms with Gasteiger partial charge in [-0.15, -0.1) is 0 Å². The maximum Gasteiger partial charge on any atom is 0.144 e. The second-order valence-electron chi connectivity index (χ2n) is 14.7. The van der Waals surface area contributed by atoms with Crippen LogP contribution in [0.5, 0.6) is 0 Å². The van der Waals surface area contributed by atoms with Crippen LogP contribution in [0.25, 0.3) is 94.2 Å². The highest BCUT2D eigenvalue weighted by Gasteiger charge is 2.38. The molecule has 0 atom stereocenters. The van der Waals surface area contributed by atoms with E-state index >= 15 is 0 Å². The minimum atomic E-state index is -0.157. The Bertz CT molecular complexity index is 3090. The Morgan fingerprint density at radius 2 is 1.17 bits per heavy atom. The lowest BCUT2D eigenvalue weighted by Gasteiger charge is -2.22. The van der Waals surface area contributed by atoms with E-state index in [1.807, 2.05) is 12.1 Å². The topological polar surface area (TPSA) is 31.0 Å². The van der Waals surface area contributed by atoms with Gasteiger partial charge in [-0.3, -0.25) is 4.57 Å². The predicted molar refractivity (Wildman–Crippen MR) is 220 cm³/mol. The second-order valence-corrected chi connectivity index (χ2v) is 14.7. The Labute approximate surface area is 307 Å². The van der Waals surface area contributed by atoms with Crippen LogP contribution in [0.2, 0.25) is 0 Å². The third-order valence-corrected chi connectivity index (χ3v) is 11.4. The highest BCUT2D eigenvalue weighted by Crippen LogP contribution is 2.53. The van der Waals surface area contributed by atoms with Crippen molar-refractivity contribution in [1.82, 2.24) is 9.55 Å². The van der Waals surface area contributed by atoms with Crippen LogP contribution in [0.3, 0.4) is 0 Å². The van der Waals surface area contributed by atoms with Crippen LogP contribution in [0, 0.1) is 0 Å². The number of hydrogen-bond acceptors (Lipinski definition) is 2. The summed E-state index contributed by atoms with van der Waals surface area (Å²) in [5.74, 6) is 0.871. The molecule has 3 heterocycles. The molecule has 0 unspecified atom stereocenters. The van der Waals surface area contributed by atoms with Crippen molar-refractivity contribution >= 4 is 43.7 Å². The van der Waals surface area contributed by atoms with Crippen LogP contribution in [0.1, 0.15) is 25.0 Å². The maximum absolute atomic E-state index is 6.59. The average molecular weight is 679 g/mol. The number of pyridine rings is 1. The highest BCUT2D eigenvalue weighted by atomic mass is 16.3. The van der Waals surface area contributed by atoms with Crippen molar-refractivity contribution in [3.8, 4) is 50.5 Å². The van der Waals surface area contributed by atoms with Gasteiger partial charge in [0.05, 0.1) is 16.7 Å². The van der Waals surface area contributed by atoms with Gasteiger partial charge in [-0.25, -0.2) is 4.98 Å². The van der Waals surface area contributed by atoms with Crippen molar-refractivity contribution in [1.29, 1.82) is 0 Å². The number of para-hydroxylation sites is 3. The van der Waals surface area contributed by atoms with E-state index in [-0.39, 0.29) is 5.41 Å². The van der Waals surface area contributed by atoms with Crippen LogP contribution in [-0.4, -0.2) is 9.55 Å². The molecule has 0 amide bonds. The van der Waals surface area contributed by atoms with Crippen molar-refractivity contribution in [2.75, 3.05) is 0 Å². The number of furan rings is 1. The van der Waals surface area contributed by atoms with Crippen LogP contribution in [0.15, 0.2) is 174 Å². The van der Waals surface area contributed by atoms with Crippen molar-refractivity contribution in [3.63, 3.8) is 0 Å². The van der Waals surface area contributed by atoms with E-state index in [0.29, 0.717) is 0 Å². The Morgan fingerprint density at radius 1 is 0.491 bits per heavy atom. The van der Waals surface area contributed by atoms with E-state index in [4.69, 9.17) is 9.40 Å². The van der Waals surface area contributed by atoms with Crippen LogP contribution in [0.4, 0.5) is 0 Å². The van der Waals surface area contributed by atoms with Gasteiger partial charge in [0.15, 0.2) is 0 Å². The summed E-state index contributed by atoms with van der Waals surface area (Å²) in [6.07, 6.45) is 0. The molecule has 0 N–H and O–H groups in total. The molecule has 0 saturated heterocycles. The first-order valence-corrected chi connectivity index (χ1v) is 18.3. The van der Waals surface area contributed by atoms with Gasteiger partial charge < -0.3 is 4.42 Å². The Morgan fingerprint density at radius 3 is 2.06 bits per heavy atom. The molecule has 10 aromatic rings. The quantitative estimate of drug-likeness (QED) is 0.185. The smallest absolute Gasteiger partial charge is 0.144 e. The fourth-order valence-corrected chi connectivity index (χ4v) is 8.97. The van der Waals surface area contributed by atoms with E-state index in [1.54, 1.807) is 0 Å². The van der Waals surface area contributed by atoms with E-state index in [9.17, 15) is 0 Å². The van der Waals surface area contributed by atoms with Gasteiger partial charge >= 0.3 is 0 Å². The standard InChI is InChI=1S/C50H34N2O/c1-50(2)41-23-9-6-18-35(41)37-26-27-44-47(48(37)50)40-20-7-10-24-43(40)52(44)46-30-34(33-17-12-16-32(28-33)31-14-4-3-5-15-31)29-42(51-46)39-22-13-21-38-36-19-8-11-25-45(36)53-49(38)39/h3-30H,1-2H3. The number of aromatic nitrogens is 2. The molecule has 0 fully saturated rings. The van der Waals surface area contributed by atoms with Crippen LogP contribution >= 0.6 is 0 Å². The van der Waals surface area contributed by atoms with Gasteiger partial charge in [-0.2, -0.15) is 0 Å². The van der Waals surface area contributed by atoms with E-state index in [2.05, 4.69) is 176 Å². The average Bonchev–Trinajstić information content (AvgIpc) is 3.84. The minimum absolute atomic E-state index is 0.157. The Balaban J connectivity index is 1.21. The van der Waals surface area contributed by atoms with Gasteiger partial charge in [0.25, 0.3) is 0 Å². The minimum Gasteiger partial charge on any atom is -0.455 e. The monoisotopic (exact) mass is 678 g/mol. The Kier molecular flexibility index (Phi) is 6.30. The van der Waals surface area contributed by atoms with Crippen molar-refractivity contribution in [3.05, 3.63) is 181 Å². The second kappa shape index (κ2) is 11.1. The number of nitrogens with zero attached hydrogens (tertiary/aromatic N) is 2. The maximum atomic E-state index is 6.59. The summed E-state index contributed by atoms with van der Waals surface area (Å²) >= 11 is 0. The first-order chi connectivity index (χ1) is 26.0.